The van der Waals surface area contributed by atoms with Crippen LogP contribution < -0.4 is 11.1 Å². The molecule has 0 radical (unpaired) electrons. The summed E-state index contributed by atoms with van der Waals surface area (Å²) < 4.78 is 7.12. The predicted octanol–water partition coefficient (Wildman–Crippen LogP) is 1.51. The predicted molar refractivity (Wildman–Crippen MR) is 66.4 cm³/mol. The van der Waals surface area contributed by atoms with E-state index in [0.29, 0.717) is 13.1 Å². The second-order valence-electron chi connectivity index (χ2n) is 4.93. The molecule has 5 heteroatoms. The quantitative estimate of drug-likeness (QED) is 0.840. The van der Waals surface area contributed by atoms with Crippen molar-refractivity contribution >= 4 is 6.09 Å². The molecule has 96 valence electrons. The van der Waals surface area contributed by atoms with Gasteiger partial charge in [-0.25, -0.2) is 4.79 Å². The molecular formula is C12H21N3O2. The van der Waals surface area contributed by atoms with E-state index in [-0.39, 0.29) is 0 Å². The molecular weight excluding hydrogens is 218 g/mol. The molecule has 0 spiro atoms. The molecule has 1 aromatic rings. The number of rotatable bonds is 3. The van der Waals surface area contributed by atoms with E-state index in [2.05, 4.69) is 5.32 Å². The van der Waals surface area contributed by atoms with E-state index in [1.54, 1.807) is 0 Å². The van der Waals surface area contributed by atoms with Gasteiger partial charge in [0.2, 0.25) is 0 Å². The highest BCUT2D eigenvalue weighted by molar-refractivity contribution is 5.67. The van der Waals surface area contributed by atoms with Crippen LogP contribution in [0.2, 0.25) is 0 Å². The summed E-state index contributed by atoms with van der Waals surface area (Å²) in [5.74, 6) is 0. The van der Waals surface area contributed by atoms with Crippen molar-refractivity contribution in [3.63, 3.8) is 0 Å². The lowest BCUT2D eigenvalue weighted by Gasteiger charge is -2.19. The van der Waals surface area contributed by atoms with Gasteiger partial charge in [-0.05, 0) is 32.9 Å². The minimum atomic E-state index is -0.472. The summed E-state index contributed by atoms with van der Waals surface area (Å²) in [6, 6.07) is 3.89. The number of carbonyl (C=O) groups is 1. The van der Waals surface area contributed by atoms with Crippen LogP contribution >= 0.6 is 0 Å². The second kappa shape index (κ2) is 5.23. The van der Waals surface area contributed by atoms with Gasteiger partial charge < -0.3 is 20.4 Å². The molecule has 1 heterocycles. The summed E-state index contributed by atoms with van der Waals surface area (Å²) in [4.78, 5) is 11.5. The lowest BCUT2D eigenvalue weighted by atomic mass is 10.2. The molecule has 5 nitrogen and oxygen atoms in total. The summed E-state index contributed by atoms with van der Waals surface area (Å²) in [6.07, 6.45) is -0.409. The van der Waals surface area contributed by atoms with E-state index in [1.165, 1.54) is 0 Å². The second-order valence-corrected chi connectivity index (χ2v) is 4.93. The van der Waals surface area contributed by atoms with Gasteiger partial charge in [0.15, 0.2) is 0 Å². The molecule has 0 aliphatic carbocycles. The molecule has 1 amide bonds. The fraction of sp³-hybridized carbons (Fsp3) is 0.583. The lowest BCUT2D eigenvalue weighted by molar-refractivity contribution is 0.0522. The molecule has 0 aliphatic heterocycles. The van der Waals surface area contributed by atoms with Crippen LogP contribution in [0.15, 0.2) is 12.1 Å². The number of nitrogens with two attached hydrogens (primary N) is 1. The van der Waals surface area contributed by atoms with Gasteiger partial charge in [-0.3, -0.25) is 0 Å². The van der Waals surface area contributed by atoms with Crippen molar-refractivity contribution in [1.29, 1.82) is 0 Å². The topological polar surface area (TPSA) is 69.3 Å². The SMILES string of the molecule is Cn1c(CN)ccc1CNC(=O)OC(C)(C)C. The molecule has 0 aromatic carbocycles. The van der Waals surface area contributed by atoms with Crippen LogP contribution in [0.3, 0.4) is 0 Å². The van der Waals surface area contributed by atoms with Gasteiger partial charge in [0.05, 0.1) is 6.54 Å². The van der Waals surface area contributed by atoms with Gasteiger partial charge in [0.25, 0.3) is 0 Å². The number of alkyl carbamates (subject to hydrolysis) is 1. The van der Waals surface area contributed by atoms with Crippen LogP contribution in [0.4, 0.5) is 4.79 Å². The zero-order chi connectivity index (χ0) is 13.1. The van der Waals surface area contributed by atoms with Gasteiger partial charge in [-0.15, -0.1) is 0 Å². The first-order valence-electron chi connectivity index (χ1n) is 5.64. The molecule has 0 fully saturated rings. The van der Waals surface area contributed by atoms with Crippen molar-refractivity contribution in [3.8, 4) is 0 Å². The summed E-state index contributed by atoms with van der Waals surface area (Å²) in [5, 5.41) is 2.71. The Morgan fingerprint density at radius 1 is 1.41 bits per heavy atom. The Kier molecular flexibility index (Phi) is 4.17. The molecule has 0 atom stereocenters. The minimum absolute atomic E-state index is 0.409. The molecule has 3 N–H and O–H groups in total. The fourth-order valence-corrected chi connectivity index (χ4v) is 1.46. The molecule has 1 rings (SSSR count). The van der Waals surface area contributed by atoms with Crippen LogP contribution in [0.5, 0.6) is 0 Å². The summed E-state index contributed by atoms with van der Waals surface area (Å²) >= 11 is 0. The maximum Gasteiger partial charge on any atom is 0.407 e. The van der Waals surface area contributed by atoms with Crippen molar-refractivity contribution in [2.45, 2.75) is 39.5 Å². The molecule has 0 aliphatic rings. The van der Waals surface area contributed by atoms with Crippen molar-refractivity contribution in [2.24, 2.45) is 12.8 Å². The Morgan fingerprint density at radius 2 is 2.00 bits per heavy atom. The zero-order valence-electron chi connectivity index (χ0n) is 10.9. The first kappa shape index (κ1) is 13.6. The largest absolute Gasteiger partial charge is 0.444 e. The van der Waals surface area contributed by atoms with E-state index in [0.717, 1.165) is 11.4 Å². The Labute approximate surface area is 102 Å². The number of aromatic nitrogens is 1. The third-order valence-corrected chi connectivity index (χ3v) is 2.35. The van der Waals surface area contributed by atoms with Crippen LogP contribution in [-0.2, 0) is 24.9 Å². The maximum absolute atomic E-state index is 11.5. The third-order valence-electron chi connectivity index (χ3n) is 2.35. The van der Waals surface area contributed by atoms with E-state index < -0.39 is 11.7 Å². The van der Waals surface area contributed by atoms with Crippen molar-refractivity contribution in [2.75, 3.05) is 0 Å². The molecule has 17 heavy (non-hydrogen) atoms. The van der Waals surface area contributed by atoms with Gasteiger partial charge in [0, 0.05) is 25.0 Å². The fourth-order valence-electron chi connectivity index (χ4n) is 1.46. The van der Waals surface area contributed by atoms with Gasteiger partial charge in [-0.1, -0.05) is 0 Å². The van der Waals surface area contributed by atoms with E-state index in [4.69, 9.17) is 10.5 Å². The standard InChI is InChI=1S/C12H21N3O2/c1-12(2,3)17-11(16)14-8-10-6-5-9(7-13)15(10)4/h5-6H,7-8,13H2,1-4H3,(H,14,16). The maximum atomic E-state index is 11.5. The number of nitrogens with one attached hydrogen (secondary N) is 1. The monoisotopic (exact) mass is 239 g/mol. The first-order chi connectivity index (χ1) is 7.83. The van der Waals surface area contributed by atoms with Crippen LogP contribution in [-0.4, -0.2) is 16.3 Å². The van der Waals surface area contributed by atoms with E-state index in [1.807, 2.05) is 44.5 Å². The zero-order valence-corrected chi connectivity index (χ0v) is 10.9. The Balaban J connectivity index is 2.50. The first-order valence-corrected chi connectivity index (χ1v) is 5.64. The summed E-state index contributed by atoms with van der Waals surface area (Å²) in [7, 11) is 1.92. The average Bonchev–Trinajstić information content (AvgIpc) is 2.54. The molecule has 0 saturated heterocycles. The smallest absolute Gasteiger partial charge is 0.407 e. The number of hydrogen-bond donors (Lipinski definition) is 2. The van der Waals surface area contributed by atoms with E-state index >= 15 is 0 Å². The molecule has 0 saturated carbocycles. The highest BCUT2D eigenvalue weighted by Gasteiger charge is 2.16. The average molecular weight is 239 g/mol. The van der Waals surface area contributed by atoms with Gasteiger partial charge in [0.1, 0.15) is 5.60 Å². The number of nitrogens with zero attached hydrogens (tertiary/aromatic N) is 1. The normalized spacial score (nSPS) is 11.4. The lowest BCUT2D eigenvalue weighted by Crippen LogP contribution is -2.32. The minimum Gasteiger partial charge on any atom is -0.444 e. The summed E-state index contributed by atoms with van der Waals surface area (Å²) in [6.45, 7) is 6.43. The van der Waals surface area contributed by atoms with Gasteiger partial charge >= 0.3 is 6.09 Å². The van der Waals surface area contributed by atoms with Crippen molar-refractivity contribution in [1.82, 2.24) is 9.88 Å². The number of hydrogen-bond acceptors (Lipinski definition) is 3. The molecule has 0 bridgehead atoms. The van der Waals surface area contributed by atoms with Crippen LogP contribution in [0.25, 0.3) is 0 Å². The Bertz CT molecular complexity index is 391. The third kappa shape index (κ3) is 4.11. The van der Waals surface area contributed by atoms with Crippen LogP contribution in [0, 0.1) is 0 Å². The Morgan fingerprint density at radius 3 is 2.47 bits per heavy atom. The van der Waals surface area contributed by atoms with Gasteiger partial charge in [-0.2, -0.15) is 0 Å². The summed E-state index contributed by atoms with van der Waals surface area (Å²) in [5.41, 5.74) is 7.13. The molecule has 0 unspecified atom stereocenters. The number of amides is 1. The van der Waals surface area contributed by atoms with Crippen molar-refractivity contribution < 1.29 is 9.53 Å². The van der Waals surface area contributed by atoms with Crippen LogP contribution in [0.1, 0.15) is 32.2 Å². The highest BCUT2D eigenvalue weighted by Crippen LogP contribution is 2.08. The van der Waals surface area contributed by atoms with Crippen molar-refractivity contribution in [3.05, 3.63) is 23.5 Å². The Hall–Kier alpha value is -1.49. The molecule has 1 aromatic heterocycles. The number of carbonyl (C=O) groups excluding carboxylic acids is 1. The number of ether oxygens (including phenoxy) is 1. The highest BCUT2D eigenvalue weighted by atomic mass is 16.6. The van der Waals surface area contributed by atoms with E-state index in [9.17, 15) is 4.79 Å².